The van der Waals surface area contributed by atoms with Crippen LogP contribution in [0.4, 0.5) is 5.69 Å². The third-order valence-corrected chi connectivity index (χ3v) is 2.77. The van der Waals surface area contributed by atoms with Crippen LogP contribution in [0.2, 0.25) is 0 Å². The molecule has 7 nitrogen and oxygen atoms in total. The van der Waals surface area contributed by atoms with Crippen molar-refractivity contribution in [1.29, 1.82) is 0 Å². The number of hydrogen-bond donors (Lipinski definition) is 0. The van der Waals surface area contributed by atoms with Crippen LogP contribution in [-0.2, 0) is 4.74 Å². The Kier molecular flexibility index (Phi) is 4.38. The molecule has 0 amide bonds. The molecule has 0 saturated heterocycles. The van der Waals surface area contributed by atoms with Crippen LogP contribution >= 0.6 is 0 Å². The van der Waals surface area contributed by atoms with Crippen molar-refractivity contribution in [2.75, 3.05) is 14.2 Å². The largest absolute Gasteiger partial charge is 0.480 e. The summed E-state index contributed by atoms with van der Waals surface area (Å²) in [5.74, 6) is -0.632. The fourth-order valence-corrected chi connectivity index (χ4v) is 1.83. The standard InChI is InChI=1S/C14H12N4O3/c1-20-13-12(14(19)21-2)11(17-18-15)8-10(16-13)9-6-4-3-5-7-9/h3-8H,1-2H3. The van der Waals surface area contributed by atoms with Crippen molar-refractivity contribution in [3.8, 4) is 17.1 Å². The van der Waals surface area contributed by atoms with Crippen molar-refractivity contribution in [3.63, 3.8) is 0 Å². The molecule has 0 bridgehead atoms. The van der Waals surface area contributed by atoms with Crippen LogP contribution in [0.5, 0.6) is 5.88 Å². The Balaban J connectivity index is 2.70. The van der Waals surface area contributed by atoms with Gasteiger partial charge in [0.2, 0.25) is 5.88 Å². The van der Waals surface area contributed by atoms with E-state index in [4.69, 9.17) is 10.3 Å². The zero-order valence-corrected chi connectivity index (χ0v) is 11.5. The first-order valence-electron chi connectivity index (χ1n) is 5.99. The van der Waals surface area contributed by atoms with E-state index in [9.17, 15) is 4.79 Å². The molecular weight excluding hydrogens is 272 g/mol. The van der Waals surface area contributed by atoms with E-state index in [1.54, 1.807) is 0 Å². The molecule has 0 unspecified atom stereocenters. The highest BCUT2D eigenvalue weighted by atomic mass is 16.5. The van der Waals surface area contributed by atoms with E-state index in [-0.39, 0.29) is 17.1 Å². The lowest BCUT2D eigenvalue weighted by Crippen LogP contribution is -2.06. The summed E-state index contributed by atoms with van der Waals surface area (Å²) in [4.78, 5) is 18.8. The number of pyridine rings is 1. The van der Waals surface area contributed by atoms with E-state index >= 15 is 0 Å². The van der Waals surface area contributed by atoms with Crippen LogP contribution in [0, 0.1) is 0 Å². The fourth-order valence-electron chi connectivity index (χ4n) is 1.83. The van der Waals surface area contributed by atoms with Crippen molar-refractivity contribution >= 4 is 11.7 Å². The second-order valence-electron chi connectivity index (χ2n) is 3.96. The lowest BCUT2D eigenvalue weighted by atomic mass is 10.1. The van der Waals surface area contributed by atoms with Gasteiger partial charge in [0.05, 0.1) is 25.6 Å². The molecule has 0 aliphatic heterocycles. The molecule has 0 fully saturated rings. The highest BCUT2D eigenvalue weighted by Gasteiger charge is 2.20. The number of carbonyl (C=O) groups excluding carboxylic acids is 1. The number of nitrogens with zero attached hydrogens (tertiary/aromatic N) is 4. The summed E-state index contributed by atoms with van der Waals surface area (Å²) in [6.07, 6.45) is 0. The summed E-state index contributed by atoms with van der Waals surface area (Å²) in [5.41, 5.74) is 10.1. The van der Waals surface area contributed by atoms with Gasteiger partial charge < -0.3 is 9.47 Å². The Morgan fingerprint density at radius 1 is 1.29 bits per heavy atom. The molecule has 106 valence electrons. The molecule has 2 rings (SSSR count). The maximum absolute atomic E-state index is 11.8. The van der Waals surface area contributed by atoms with E-state index in [0.29, 0.717) is 5.69 Å². The van der Waals surface area contributed by atoms with Gasteiger partial charge in [0.25, 0.3) is 0 Å². The van der Waals surface area contributed by atoms with Gasteiger partial charge in [0.1, 0.15) is 5.56 Å². The third-order valence-electron chi connectivity index (χ3n) is 2.77. The zero-order chi connectivity index (χ0) is 15.2. The molecule has 1 heterocycles. The average molecular weight is 284 g/mol. The van der Waals surface area contributed by atoms with Crippen LogP contribution in [0.25, 0.3) is 21.7 Å². The van der Waals surface area contributed by atoms with E-state index < -0.39 is 5.97 Å². The minimum atomic E-state index is -0.679. The molecule has 0 spiro atoms. The van der Waals surface area contributed by atoms with Gasteiger partial charge in [-0.05, 0) is 11.6 Å². The van der Waals surface area contributed by atoms with E-state index in [1.165, 1.54) is 20.3 Å². The third kappa shape index (κ3) is 2.93. The molecule has 0 aliphatic rings. The molecule has 0 saturated carbocycles. The van der Waals surface area contributed by atoms with Gasteiger partial charge in [0.15, 0.2) is 0 Å². The average Bonchev–Trinajstić information content (AvgIpc) is 2.54. The van der Waals surface area contributed by atoms with Crippen molar-refractivity contribution in [2.45, 2.75) is 0 Å². The number of azide groups is 1. The van der Waals surface area contributed by atoms with Crippen molar-refractivity contribution in [3.05, 3.63) is 52.4 Å². The van der Waals surface area contributed by atoms with Crippen LogP contribution in [0.1, 0.15) is 10.4 Å². The number of methoxy groups -OCH3 is 2. The van der Waals surface area contributed by atoms with Gasteiger partial charge in [-0.15, -0.1) is 0 Å². The summed E-state index contributed by atoms with van der Waals surface area (Å²) < 4.78 is 9.79. The summed E-state index contributed by atoms with van der Waals surface area (Å²) in [6.45, 7) is 0. The number of benzene rings is 1. The smallest absolute Gasteiger partial charge is 0.343 e. The molecule has 0 atom stereocenters. The molecular formula is C14H12N4O3. The Morgan fingerprint density at radius 2 is 2.00 bits per heavy atom. The molecule has 0 N–H and O–H groups in total. The molecule has 0 radical (unpaired) electrons. The van der Waals surface area contributed by atoms with Gasteiger partial charge in [-0.2, -0.15) is 0 Å². The molecule has 1 aromatic carbocycles. The van der Waals surface area contributed by atoms with Crippen LogP contribution in [-0.4, -0.2) is 25.2 Å². The van der Waals surface area contributed by atoms with Crippen molar-refractivity contribution < 1.29 is 14.3 Å². The van der Waals surface area contributed by atoms with Crippen molar-refractivity contribution in [1.82, 2.24) is 4.98 Å². The summed E-state index contributed by atoms with van der Waals surface area (Å²) in [7, 11) is 2.61. The minimum absolute atomic E-state index is 0.00233. The number of hydrogen-bond acceptors (Lipinski definition) is 5. The quantitative estimate of drug-likeness (QED) is 0.371. The monoisotopic (exact) mass is 284 g/mol. The molecule has 7 heteroatoms. The summed E-state index contributed by atoms with van der Waals surface area (Å²) in [6, 6.07) is 10.8. The SMILES string of the molecule is COC(=O)c1c(N=[N+]=[N-])cc(-c2ccccc2)nc1OC. The Hall–Kier alpha value is -3.05. The van der Waals surface area contributed by atoms with Gasteiger partial charge in [-0.25, -0.2) is 9.78 Å². The van der Waals surface area contributed by atoms with Crippen LogP contribution in [0.3, 0.4) is 0 Å². The van der Waals surface area contributed by atoms with Gasteiger partial charge in [-0.1, -0.05) is 35.4 Å². The number of carbonyl (C=O) groups is 1. The molecule has 2 aromatic rings. The number of rotatable bonds is 4. The van der Waals surface area contributed by atoms with Crippen LogP contribution < -0.4 is 4.74 Å². The normalized spacial score (nSPS) is 9.62. The first-order chi connectivity index (χ1) is 10.2. The van der Waals surface area contributed by atoms with E-state index in [0.717, 1.165) is 5.56 Å². The lowest BCUT2D eigenvalue weighted by molar-refractivity contribution is 0.0597. The topological polar surface area (TPSA) is 97.2 Å². The first-order valence-corrected chi connectivity index (χ1v) is 5.99. The Bertz CT molecular complexity index is 710. The molecule has 21 heavy (non-hydrogen) atoms. The highest BCUT2D eigenvalue weighted by molar-refractivity contribution is 5.98. The molecule has 1 aromatic heterocycles. The summed E-state index contributed by atoms with van der Waals surface area (Å²) >= 11 is 0. The van der Waals surface area contributed by atoms with Crippen LogP contribution in [0.15, 0.2) is 41.5 Å². The molecule has 0 aliphatic carbocycles. The first kappa shape index (κ1) is 14.4. The van der Waals surface area contributed by atoms with Gasteiger partial charge in [0, 0.05) is 10.5 Å². The van der Waals surface area contributed by atoms with E-state index in [2.05, 4.69) is 19.7 Å². The number of esters is 1. The lowest BCUT2D eigenvalue weighted by Gasteiger charge is -2.11. The predicted octanol–water partition coefficient (Wildman–Crippen LogP) is 3.49. The second-order valence-corrected chi connectivity index (χ2v) is 3.96. The fraction of sp³-hybridized carbons (Fsp3) is 0.143. The number of ether oxygens (including phenoxy) is 2. The van der Waals surface area contributed by atoms with Gasteiger partial charge in [-0.3, -0.25) is 0 Å². The predicted molar refractivity (Wildman–Crippen MR) is 76.4 cm³/mol. The Morgan fingerprint density at radius 3 is 2.57 bits per heavy atom. The maximum Gasteiger partial charge on any atom is 0.343 e. The maximum atomic E-state index is 11.8. The number of aromatic nitrogens is 1. The highest BCUT2D eigenvalue weighted by Crippen LogP contribution is 2.32. The van der Waals surface area contributed by atoms with Crippen molar-refractivity contribution in [2.24, 2.45) is 5.11 Å². The second kappa shape index (κ2) is 6.40. The minimum Gasteiger partial charge on any atom is -0.480 e. The zero-order valence-electron chi connectivity index (χ0n) is 11.5. The Labute approximate surface area is 120 Å². The van der Waals surface area contributed by atoms with E-state index in [1.807, 2.05) is 30.3 Å². The van der Waals surface area contributed by atoms with Gasteiger partial charge >= 0.3 is 5.97 Å². The summed E-state index contributed by atoms with van der Waals surface area (Å²) in [5, 5.41) is 3.53.